The standard InChI is InChI=1S/C27H21IN2O4S2/c1-3-34-26(32)22-23(17-8-5-4-6-9-17)29-27-30(24(22)20-10-7-13-35-20)25(31)21(36-27)15-16-11-12-19(33-2)18(28)14-16/h4-15,24H,3H2,1-2H3/b21-15+/t24-/m1/s1. The number of carbonyl (C=O) groups excluding carboxylic acids is 1. The minimum absolute atomic E-state index is 0.197. The van der Waals surface area contributed by atoms with Crippen molar-refractivity contribution in [2.75, 3.05) is 13.7 Å². The lowest BCUT2D eigenvalue weighted by Gasteiger charge is -2.24. The number of nitrogens with zero attached hydrogens (tertiary/aromatic N) is 2. The Balaban J connectivity index is 1.78. The molecule has 6 nitrogen and oxygen atoms in total. The Kier molecular flexibility index (Phi) is 7.22. The molecule has 1 aliphatic heterocycles. The number of methoxy groups -OCH3 is 1. The lowest BCUT2D eigenvalue weighted by molar-refractivity contribution is -0.138. The fraction of sp³-hybridized carbons (Fsp3) is 0.148. The van der Waals surface area contributed by atoms with Crippen molar-refractivity contribution in [3.05, 3.63) is 111 Å². The van der Waals surface area contributed by atoms with E-state index in [2.05, 4.69) is 22.6 Å². The van der Waals surface area contributed by atoms with Crippen LogP contribution in [0.2, 0.25) is 0 Å². The van der Waals surface area contributed by atoms with Crippen molar-refractivity contribution in [2.45, 2.75) is 13.0 Å². The highest BCUT2D eigenvalue weighted by Crippen LogP contribution is 2.36. The molecule has 0 saturated heterocycles. The van der Waals surface area contributed by atoms with Gasteiger partial charge in [-0.2, -0.15) is 0 Å². The zero-order valence-corrected chi connectivity index (χ0v) is 23.2. The van der Waals surface area contributed by atoms with Gasteiger partial charge in [0.05, 0.1) is 33.1 Å². The number of hydrogen-bond acceptors (Lipinski definition) is 7. The van der Waals surface area contributed by atoms with Crippen LogP contribution in [0.25, 0.3) is 11.8 Å². The van der Waals surface area contributed by atoms with E-state index in [-0.39, 0.29) is 12.2 Å². The molecule has 2 aromatic heterocycles. The van der Waals surface area contributed by atoms with Crippen molar-refractivity contribution in [3.63, 3.8) is 0 Å². The van der Waals surface area contributed by atoms with Crippen LogP contribution in [0.5, 0.6) is 5.75 Å². The van der Waals surface area contributed by atoms with E-state index in [4.69, 9.17) is 14.5 Å². The average Bonchev–Trinajstić information content (AvgIpc) is 3.52. The van der Waals surface area contributed by atoms with Crippen molar-refractivity contribution in [1.82, 2.24) is 4.57 Å². The first-order valence-corrected chi connectivity index (χ1v) is 13.9. The molecular weight excluding hydrogens is 607 g/mol. The molecule has 0 amide bonds. The number of carbonyl (C=O) groups is 1. The normalized spacial score (nSPS) is 15.4. The molecule has 0 radical (unpaired) electrons. The predicted octanol–water partition coefficient (Wildman–Crippen LogP) is 4.61. The van der Waals surface area contributed by atoms with Gasteiger partial charge in [-0.05, 0) is 64.7 Å². The van der Waals surface area contributed by atoms with Crippen molar-refractivity contribution in [1.29, 1.82) is 0 Å². The molecule has 2 aromatic carbocycles. The van der Waals surface area contributed by atoms with Gasteiger partial charge in [-0.15, -0.1) is 11.3 Å². The summed E-state index contributed by atoms with van der Waals surface area (Å²) < 4.78 is 13.9. The Morgan fingerprint density at radius 2 is 1.97 bits per heavy atom. The summed E-state index contributed by atoms with van der Waals surface area (Å²) in [7, 11) is 1.63. The number of ether oxygens (including phenoxy) is 2. The SMILES string of the molecule is CCOC(=O)C1=C(c2ccccc2)N=c2s/c(=C/c3ccc(OC)c(I)c3)c(=O)n2[C@@H]1c1cccs1. The number of fused-ring (bicyclic) bond motifs is 1. The summed E-state index contributed by atoms with van der Waals surface area (Å²) in [5, 5.41) is 1.94. The largest absolute Gasteiger partial charge is 0.496 e. The quantitative estimate of drug-likeness (QED) is 0.231. The Bertz CT molecular complexity index is 1640. The second-order valence-electron chi connectivity index (χ2n) is 7.84. The van der Waals surface area contributed by atoms with Gasteiger partial charge in [0.1, 0.15) is 11.8 Å². The number of aromatic nitrogens is 1. The average molecular weight is 629 g/mol. The molecule has 182 valence electrons. The predicted molar refractivity (Wildman–Crippen MR) is 151 cm³/mol. The smallest absolute Gasteiger partial charge is 0.338 e. The number of benzene rings is 2. The summed E-state index contributed by atoms with van der Waals surface area (Å²) in [6.45, 7) is 1.99. The van der Waals surface area contributed by atoms with E-state index in [1.807, 2.05) is 72.1 Å². The van der Waals surface area contributed by atoms with E-state index in [1.165, 1.54) is 22.7 Å². The van der Waals surface area contributed by atoms with Gasteiger partial charge in [0.25, 0.3) is 5.56 Å². The third-order valence-electron chi connectivity index (χ3n) is 5.66. The highest BCUT2D eigenvalue weighted by molar-refractivity contribution is 14.1. The van der Waals surface area contributed by atoms with Crippen molar-refractivity contribution < 1.29 is 14.3 Å². The molecule has 0 N–H and O–H groups in total. The van der Waals surface area contributed by atoms with E-state index in [0.29, 0.717) is 20.6 Å². The molecule has 0 unspecified atom stereocenters. The lowest BCUT2D eigenvalue weighted by Crippen LogP contribution is -2.39. The lowest BCUT2D eigenvalue weighted by atomic mass is 9.97. The maximum Gasteiger partial charge on any atom is 0.338 e. The molecule has 0 spiro atoms. The Morgan fingerprint density at radius 1 is 1.17 bits per heavy atom. The van der Waals surface area contributed by atoms with Crippen LogP contribution in [0.15, 0.2) is 81.4 Å². The van der Waals surface area contributed by atoms with Gasteiger partial charge in [0.15, 0.2) is 4.80 Å². The highest BCUT2D eigenvalue weighted by atomic mass is 127. The zero-order chi connectivity index (χ0) is 25.2. The topological polar surface area (TPSA) is 69.9 Å². The first kappa shape index (κ1) is 24.7. The summed E-state index contributed by atoms with van der Waals surface area (Å²) in [5.41, 5.74) is 2.37. The fourth-order valence-corrected chi connectivity index (χ4v) is 6.66. The molecule has 5 rings (SSSR count). The number of halogens is 1. The van der Waals surface area contributed by atoms with Crippen LogP contribution in [0.4, 0.5) is 0 Å². The van der Waals surface area contributed by atoms with Gasteiger partial charge < -0.3 is 9.47 Å². The number of hydrogen-bond donors (Lipinski definition) is 0. The molecule has 1 aliphatic rings. The van der Waals surface area contributed by atoms with Gasteiger partial charge in [0.2, 0.25) is 0 Å². The fourth-order valence-electron chi connectivity index (χ4n) is 4.08. The zero-order valence-electron chi connectivity index (χ0n) is 19.4. The van der Waals surface area contributed by atoms with Crippen LogP contribution >= 0.6 is 45.3 Å². The maximum absolute atomic E-state index is 13.8. The summed E-state index contributed by atoms with van der Waals surface area (Å²) in [6.07, 6.45) is 1.85. The van der Waals surface area contributed by atoms with Crippen molar-refractivity contribution >= 4 is 63.0 Å². The summed E-state index contributed by atoms with van der Waals surface area (Å²) in [4.78, 5) is 33.4. The van der Waals surface area contributed by atoms with Crippen LogP contribution in [0.3, 0.4) is 0 Å². The summed E-state index contributed by atoms with van der Waals surface area (Å²) >= 11 is 5.02. The van der Waals surface area contributed by atoms with Crippen LogP contribution in [-0.4, -0.2) is 24.3 Å². The van der Waals surface area contributed by atoms with Gasteiger partial charge >= 0.3 is 5.97 Å². The first-order chi connectivity index (χ1) is 17.5. The Hall–Kier alpha value is -3.02. The molecule has 3 heterocycles. The van der Waals surface area contributed by atoms with E-state index < -0.39 is 12.0 Å². The molecule has 9 heteroatoms. The monoisotopic (exact) mass is 628 g/mol. The van der Waals surface area contributed by atoms with Crippen LogP contribution in [-0.2, 0) is 9.53 Å². The van der Waals surface area contributed by atoms with Gasteiger partial charge in [0, 0.05) is 10.4 Å². The Morgan fingerprint density at radius 3 is 2.64 bits per heavy atom. The van der Waals surface area contributed by atoms with Crippen molar-refractivity contribution in [2.24, 2.45) is 4.99 Å². The van der Waals surface area contributed by atoms with E-state index >= 15 is 0 Å². The minimum atomic E-state index is -0.631. The summed E-state index contributed by atoms with van der Waals surface area (Å²) in [6, 6.07) is 18.5. The van der Waals surface area contributed by atoms with Gasteiger partial charge in [-0.1, -0.05) is 53.8 Å². The van der Waals surface area contributed by atoms with Gasteiger partial charge in [-0.25, -0.2) is 9.79 Å². The molecule has 0 bridgehead atoms. The van der Waals surface area contributed by atoms with E-state index in [1.54, 1.807) is 18.6 Å². The number of esters is 1. The van der Waals surface area contributed by atoms with Crippen LogP contribution in [0.1, 0.15) is 29.0 Å². The number of rotatable bonds is 6. The molecular formula is C27H21IN2O4S2. The minimum Gasteiger partial charge on any atom is -0.496 e. The number of thiophene rings is 1. The second kappa shape index (κ2) is 10.5. The first-order valence-electron chi connectivity index (χ1n) is 11.2. The van der Waals surface area contributed by atoms with Gasteiger partial charge in [-0.3, -0.25) is 9.36 Å². The Labute approximate surface area is 229 Å². The highest BCUT2D eigenvalue weighted by Gasteiger charge is 2.35. The van der Waals surface area contributed by atoms with E-state index in [0.717, 1.165) is 25.3 Å². The number of thiazole rings is 1. The molecule has 36 heavy (non-hydrogen) atoms. The molecule has 1 atom stereocenters. The van der Waals surface area contributed by atoms with Crippen LogP contribution < -0.4 is 19.6 Å². The van der Waals surface area contributed by atoms with Crippen molar-refractivity contribution in [3.8, 4) is 5.75 Å². The second-order valence-corrected chi connectivity index (χ2v) is 11.0. The molecule has 0 saturated carbocycles. The molecule has 0 aliphatic carbocycles. The van der Waals surface area contributed by atoms with Crippen LogP contribution in [0, 0.1) is 3.57 Å². The molecule has 0 fully saturated rings. The third kappa shape index (κ3) is 4.58. The third-order valence-corrected chi connectivity index (χ3v) is 8.41. The maximum atomic E-state index is 13.8. The summed E-state index contributed by atoms with van der Waals surface area (Å²) in [5.74, 6) is 0.302. The van der Waals surface area contributed by atoms with E-state index in [9.17, 15) is 9.59 Å². The molecule has 4 aromatic rings.